The van der Waals surface area contributed by atoms with Gasteiger partial charge in [-0.15, -0.1) is 0 Å². The highest BCUT2D eigenvalue weighted by atomic mass is 32.2. The van der Waals surface area contributed by atoms with E-state index in [9.17, 15) is 27.6 Å². The largest absolute Gasteiger partial charge is 0.416 e. The molecule has 1 aliphatic rings. The van der Waals surface area contributed by atoms with Crippen LogP contribution in [0.25, 0.3) is 6.08 Å². The lowest BCUT2D eigenvalue weighted by molar-refractivity contribution is -0.137. The number of alkyl halides is 3. The molecule has 2 aromatic rings. The van der Waals surface area contributed by atoms with Gasteiger partial charge in [0.1, 0.15) is 6.54 Å². The van der Waals surface area contributed by atoms with Gasteiger partial charge in [-0.3, -0.25) is 19.3 Å². The molecule has 1 saturated heterocycles. The summed E-state index contributed by atoms with van der Waals surface area (Å²) in [6.45, 7) is 3.64. The SMILES string of the molecule is CC(C)c1ccc(NC(=O)CN2C(=O)S/C(=C\c3ccc(C(F)(F)F)cc3)C2=O)cc1. The van der Waals surface area contributed by atoms with Crippen molar-refractivity contribution in [2.24, 2.45) is 0 Å². The number of anilines is 1. The monoisotopic (exact) mass is 448 g/mol. The maximum Gasteiger partial charge on any atom is 0.416 e. The fraction of sp³-hybridized carbons (Fsp3) is 0.227. The molecule has 1 fully saturated rings. The predicted octanol–water partition coefficient (Wildman–Crippen LogP) is 5.50. The molecule has 0 bridgehead atoms. The number of imide groups is 1. The van der Waals surface area contributed by atoms with E-state index in [1.165, 1.54) is 18.2 Å². The average molecular weight is 448 g/mol. The van der Waals surface area contributed by atoms with Crippen molar-refractivity contribution in [2.45, 2.75) is 25.9 Å². The normalized spacial score (nSPS) is 15.8. The zero-order valence-corrected chi connectivity index (χ0v) is 17.5. The number of nitrogens with zero attached hydrogens (tertiary/aromatic N) is 1. The number of hydrogen-bond acceptors (Lipinski definition) is 4. The molecule has 5 nitrogen and oxygen atoms in total. The molecule has 0 aromatic heterocycles. The Morgan fingerprint density at radius 2 is 1.68 bits per heavy atom. The van der Waals surface area contributed by atoms with Crippen molar-refractivity contribution in [3.63, 3.8) is 0 Å². The van der Waals surface area contributed by atoms with Gasteiger partial charge in [0.25, 0.3) is 11.1 Å². The molecule has 3 amide bonds. The van der Waals surface area contributed by atoms with Crippen LogP contribution in [0, 0.1) is 0 Å². The molecule has 0 radical (unpaired) electrons. The number of rotatable bonds is 5. The third-order valence-corrected chi connectivity index (χ3v) is 5.48. The van der Waals surface area contributed by atoms with Crippen LogP contribution in [0.15, 0.2) is 53.4 Å². The number of thioether (sulfide) groups is 1. The van der Waals surface area contributed by atoms with Gasteiger partial charge >= 0.3 is 6.18 Å². The smallest absolute Gasteiger partial charge is 0.325 e. The molecular formula is C22H19F3N2O3S. The van der Waals surface area contributed by atoms with E-state index in [-0.39, 0.29) is 4.91 Å². The van der Waals surface area contributed by atoms with E-state index < -0.39 is 35.3 Å². The number of amides is 3. The first kappa shape index (κ1) is 22.6. The van der Waals surface area contributed by atoms with E-state index >= 15 is 0 Å². The molecule has 9 heteroatoms. The highest BCUT2D eigenvalue weighted by Gasteiger charge is 2.36. The minimum absolute atomic E-state index is 0.0406. The summed E-state index contributed by atoms with van der Waals surface area (Å²) < 4.78 is 38.0. The highest BCUT2D eigenvalue weighted by Crippen LogP contribution is 2.33. The summed E-state index contributed by atoms with van der Waals surface area (Å²) in [6.07, 6.45) is -3.13. The van der Waals surface area contributed by atoms with Crippen molar-refractivity contribution in [3.05, 3.63) is 70.1 Å². The molecule has 3 rings (SSSR count). The molecule has 0 unspecified atom stereocenters. The quantitative estimate of drug-likeness (QED) is 0.613. The molecule has 0 spiro atoms. The predicted molar refractivity (Wildman–Crippen MR) is 113 cm³/mol. The number of nitrogens with one attached hydrogen (secondary N) is 1. The first-order chi connectivity index (χ1) is 14.5. The molecule has 31 heavy (non-hydrogen) atoms. The second kappa shape index (κ2) is 8.97. The van der Waals surface area contributed by atoms with Gasteiger partial charge in [0.2, 0.25) is 5.91 Å². The zero-order valence-electron chi connectivity index (χ0n) is 16.7. The van der Waals surface area contributed by atoms with Crippen molar-refractivity contribution < 1.29 is 27.6 Å². The second-order valence-electron chi connectivity index (χ2n) is 7.21. The van der Waals surface area contributed by atoms with Crippen LogP contribution >= 0.6 is 11.8 Å². The van der Waals surface area contributed by atoms with Gasteiger partial charge in [0.15, 0.2) is 0 Å². The molecule has 1 aliphatic heterocycles. The molecule has 0 aliphatic carbocycles. The molecule has 1 heterocycles. The summed E-state index contributed by atoms with van der Waals surface area (Å²) >= 11 is 0.636. The first-order valence-corrected chi connectivity index (χ1v) is 10.2. The Kier molecular flexibility index (Phi) is 6.54. The summed E-state index contributed by atoms with van der Waals surface area (Å²) in [6, 6.07) is 11.5. The van der Waals surface area contributed by atoms with Crippen LogP contribution in [0.5, 0.6) is 0 Å². The Bertz CT molecular complexity index is 1030. The fourth-order valence-corrected chi connectivity index (χ4v) is 3.69. The Hall–Kier alpha value is -3.07. The van der Waals surface area contributed by atoms with Gasteiger partial charge in [-0.1, -0.05) is 38.1 Å². The summed E-state index contributed by atoms with van der Waals surface area (Å²) in [5, 5.41) is 2.02. The van der Waals surface area contributed by atoms with Crippen molar-refractivity contribution in [1.82, 2.24) is 4.90 Å². The van der Waals surface area contributed by atoms with E-state index in [4.69, 9.17) is 0 Å². The van der Waals surface area contributed by atoms with Crippen molar-refractivity contribution in [3.8, 4) is 0 Å². The van der Waals surface area contributed by atoms with Crippen LogP contribution in [-0.4, -0.2) is 28.5 Å². The van der Waals surface area contributed by atoms with E-state index in [2.05, 4.69) is 5.32 Å². The lowest BCUT2D eigenvalue weighted by Gasteiger charge is -2.13. The molecule has 0 saturated carbocycles. The van der Waals surface area contributed by atoms with Gasteiger partial charge in [0.05, 0.1) is 10.5 Å². The van der Waals surface area contributed by atoms with Gasteiger partial charge < -0.3 is 5.32 Å². The van der Waals surface area contributed by atoms with Gasteiger partial charge in [-0.25, -0.2) is 0 Å². The molecule has 2 aromatic carbocycles. The molecule has 162 valence electrons. The van der Waals surface area contributed by atoms with Crippen LogP contribution in [0.3, 0.4) is 0 Å². The first-order valence-electron chi connectivity index (χ1n) is 9.37. The van der Waals surface area contributed by atoms with Crippen LogP contribution in [0.2, 0.25) is 0 Å². The van der Waals surface area contributed by atoms with Gasteiger partial charge in [-0.05, 0) is 59.1 Å². The Labute approximate surface area is 181 Å². The van der Waals surface area contributed by atoms with Crippen LogP contribution in [0.1, 0.15) is 36.5 Å². The average Bonchev–Trinajstić information content (AvgIpc) is 2.95. The number of carbonyl (C=O) groups is 3. The standard InChI is InChI=1S/C22H19F3N2O3S/c1-13(2)15-5-9-17(10-6-15)26-19(28)12-27-20(29)18(31-21(27)30)11-14-3-7-16(8-4-14)22(23,24)25/h3-11,13H,12H2,1-2H3,(H,26,28)/b18-11-. The van der Waals surface area contributed by atoms with E-state index in [0.29, 0.717) is 28.9 Å². The number of carbonyl (C=O) groups excluding carboxylic acids is 3. The van der Waals surface area contributed by atoms with Gasteiger partial charge in [-0.2, -0.15) is 13.2 Å². The minimum atomic E-state index is -4.46. The summed E-state index contributed by atoms with van der Waals surface area (Å²) in [7, 11) is 0. The summed E-state index contributed by atoms with van der Waals surface area (Å²) in [5.41, 5.74) is 1.18. The third kappa shape index (κ3) is 5.55. The molecule has 0 atom stereocenters. The lowest BCUT2D eigenvalue weighted by atomic mass is 10.0. The topological polar surface area (TPSA) is 66.5 Å². The summed E-state index contributed by atoms with van der Waals surface area (Å²) in [4.78, 5) is 37.8. The van der Waals surface area contributed by atoms with Crippen LogP contribution < -0.4 is 5.32 Å². The minimum Gasteiger partial charge on any atom is -0.325 e. The van der Waals surface area contributed by atoms with Crippen molar-refractivity contribution in [2.75, 3.05) is 11.9 Å². The van der Waals surface area contributed by atoms with Crippen molar-refractivity contribution in [1.29, 1.82) is 0 Å². The molecular weight excluding hydrogens is 429 g/mol. The van der Waals surface area contributed by atoms with Crippen molar-refractivity contribution >= 4 is 40.6 Å². The number of halogens is 3. The maximum atomic E-state index is 12.7. The van der Waals surface area contributed by atoms with Crippen LogP contribution in [-0.2, 0) is 15.8 Å². The number of hydrogen-bond donors (Lipinski definition) is 1. The Morgan fingerprint density at radius 1 is 1.06 bits per heavy atom. The zero-order chi connectivity index (χ0) is 22.8. The Morgan fingerprint density at radius 3 is 2.23 bits per heavy atom. The highest BCUT2D eigenvalue weighted by molar-refractivity contribution is 8.18. The van der Waals surface area contributed by atoms with E-state index in [1.807, 2.05) is 26.0 Å². The number of benzene rings is 2. The fourth-order valence-electron chi connectivity index (χ4n) is 2.85. The Balaban J connectivity index is 1.65. The lowest BCUT2D eigenvalue weighted by Crippen LogP contribution is -2.36. The van der Waals surface area contributed by atoms with Gasteiger partial charge in [0, 0.05) is 5.69 Å². The summed E-state index contributed by atoms with van der Waals surface area (Å²) in [5.74, 6) is -0.855. The van der Waals surface area contributed by atoms with E-state index in [0.717, 1.165) is 22.6 Å². The maximum absolute atomic E-state index is 12.7. The molecule has 1 N–H and O–H groups in total. The third-order valence-electron chi connectivity index (χ3n) is 4.57. The van der Waals surface area contributed by atoms with E-state index in [1.54, 1.807) is 12.1 Å². The second-order valence-corrected chi connectivity index (χ2v) is 8.21. The van der Waals surface area contributed by atoms with Crippen LogP contribution in [0.4, 0.5) is 23.7 Å².